The molecule has 126 valence electrons. The number of ether oxygens (including phenoxy) is 2. The largest absolute Gasteiger partial charge is 0.446 e. The molecule has 2 rings (SSSR count). The second kappa shape index (κ2) is 8.47. The lowest BCUT2D eigenvalue weighted by atomic mass is 10.1. The fourth-order valence-corrected chi connectivity index (χ4v) is 2.24. The van der Waals surface area contributed by atoms with Crippen molar-refractivity contribution in [3.05, 3.63) is 64.7 Å². The number of aryl methyl sites for hydroxylation is 1. The number of carbonyl (C=O) groups excluding carboxylic acids is 2. The molecule has 0 unspecified atom stereocenters. The summed E-state index contributed by atoms with van der Waals surface area (Å²) in [6, 6.07) is 14.0. The topological polar surface area (TPSA) is 64.6 Å². The van der Waals surface area contributed by atoms with Crippen LogP contribution >= 0.6 is 11.6 Å². The van der Waals surface area contributed by atoms with Gasteiger partial charge in [0.25, 0.3) is 5.91 Å². The summed E-state index contributed by atoms with van der Waals surface area (Å²) < 4.78 is 10.00. The molecule has 0 spiro atoms. The molecule has 2 aromatic carbocycles. The van der Waals surface area contributed by atoms with Gasteiger partial charge in [0.15, 0.2) is 0 Å². The Balaban J connectivity index is 2.20. The van der Waals surface area contributed by atoms with Gasteiger partial charge in [-0.05, 0) is 24.6 Å². The van der Waals surface area contributed by atoms with Crippen molar-refractivity contribution in [3.8, 4) is 0 Å². The number of amides is 1. The average molecular weight is 348 g/mol. The number of halogens is 1. The Bertz CT molecular complexity index is 718. The molecule has 0 saturated heterocycles. The summed E-state index contributed by atoms with van der Waals surface area (Å²) >= 11 is 6.07. The van der Waals surface area contributed by atoms with E-state index in [2.05, 4.69) is 5.32 Å². The van der Waals surface area contributed by atoms with E-state index in [1.165, 1.54) is 7.11 Å². The van der Waals surface area contributed by atoms with Crippen LogP contribution in [-0.4, -0.2) is 25.6 Å². The van der Waals surface area contributed by atoms with Crippen LogP contribution in [0, 0.1) is 6.92 Å². The molecule has 1 N–H and O–H groups in total. The van der Waals surface area contributed by atoms with Crippen molar-refractivity contribution in [3.63, 3.8) is 0 Å². The van der Waals surface area contributed by atoms with E-state index in [9.17, 15) is 9.59 Å². The second-order valence-corrected chi connectivity index (χ2v) is 5.57. The average Bonchev–Trinajstić information content (AvgIpc) is 2.57. The van der Waals surface area contributed by atoms with E-state index in [0.717, 1.165) is 5.56 Å². The highest BCUT2D eigenvalue weighted by Gasteiger charge is 2.25. The molecular weight excluding hydrogens is 330 g/mol. The van der Waals surface area contributed by atoms with E-state index >= 15 is 0 Å². The summed E-state index contributed by atoms with van der Waals surface area (Å²) in [5.74, 6) is -1.09. The molecule has 0 aliphatic carbocycles. The highest BCUT2D eigenvalue weighted by atomic mass is 35.5. The monoisotopic (exact) mass is 347 g/mol. The number of benzene rings is 2. The molecule has 0 heterocycles. The zero-order valence-corrected chi connectivity index (χ0v) is 14.2. The summed E-state index contributed by atoms with van der Waals surface area (Å²) in [5, 5.41) is 3.26. The number of hydrogen-bond acceptors (Lipinski definition) is 4. The lowest BCUT2D eigenvalue weighted by Crippen LogP contribution is -2.27. The van der Waals surface area contributed by atoms with Gasteiger partial charge in [0.2, 0.25) is 6.10 Å². The van der Waals surface area contributed by atoms with Gasteiger partial charge in [-0.3, -0.25) is 4.79 Å². The third-order valence-electron chi connectivity index (χ3n) is 3.29. The molecule has 2 aromatic rings. The number of methoxy groups -OCH3 is 1. The van der Waals surface area contributed by atoms with Crippen LogP contribution in [0.4, 0.5) is 5.69 Å². The van der Waals surface area contributed by atoms with Gasteiger partial charge in [-0.1, -0.05) is 48.0 Å². The van der Waals surface area contributed by atoms with Gasteiger partial charge in [0.05, 0.1) is 0 Å². The summed E-state index contributed by atoms with van der Waals surface area (Å²) in [6.07, 6.45) is -1.08. The van der Waals surface area contributed by atoms with Crippen molar-refractivity contribution >= 4 is 29.2 Å². The van der Waals surface area contributed by atoms with Crippen LogP contribution in [0.1, 0.15) is 17.2 Å². The van der Waals surface area contributed by atoms with Crippen LogP contribution in [0.5, 0.6) is 0 Å². The van der Waals surface area contributed by atoms with Crippen LogP contribution < -0.4 is 5.32 Å². The third-order valence-corrected chi connectivity index (χ3v) is 3.70. The van der Waals surface area contributed by atoms with Gasteiger partial charge in [0, 0.05) is 23.4 Å². The zero-order valence-electron chi connectivity index (χ0n) is 13.4. The van der Waals surface area contributed by atoms with Gasteiger partial charge < -0.3 is 14.8 Å². The Morgan fingerprint density at radius 2 is 1.88 bits per heavy atom. The number of anilines is 1. The van der Waals surface area contributed by atoms with Gasteiger partial charge in [-0.25, -0.2) is 4.79 Å². The number of hydrogen-bond donors (Lipinski definition) is 1. The fraction of sp³-hybridized carbons (Fsp3) is 0.222. The van der Waals surface area contributed by atoms with Crippen LogP contribution in [0.3, 0.4) is 0 Å². The maximum Gasteiger partial charge on any atom is 0.333 e. The highest BCUT2D eigenvalue weighted by Crippen LogP contribution is 2.23. The fourth-order valence-electron chi connectivity index (χ4n) is 2.06. The summed E-state index contributed by atoms with van der Waals surface area (Å²) in [6.45, 7) is 1.64. The lowest BCUT2D eigenvalue weighted by Gasteiger charge is -2.18. The molecule has 0 radical (unpaired) electrons. The van der Waals surface area contributed by atoms with E-state index in [1.54, 1.807) is 42.5 Å². The molecule has 0 saturated carbocycles. The standard InChI is InChI=1S/C18H18ClNO4/c1-12-8-9-14(10-15(12)19)20-18(22)17(24-16(21)11-23-2)13-6-4-3-5-7-13/h3-10,17H,11H2,1-2H3,(H,20,22)/t17-/m1/s1. The molecular formula is C18H18ClNO4. The normalized spacial score (nSPS) is 11.6. The minimum atomic E-state index is -1.08. The molecule has 0 fully saturated rings. The molecule has 0 aliphatic rings. The van der Waals surface area contributed by atoms with Gasteiger partial charge >= 0.3 is 5.97 Å². The smallest absolute Gasteiger partial charge is 0.333 e. The Labute approximate surface area is 145 Å². The van der Waals surface area contributed by atoms with Crippen LogP contribution in [-0.2, 0) is 19.1 Å². The first-order valence-corrected chi connectivity index (χ1v) is 7.69. The number of rotatable bonds is 6. The van der Waals surface area contributed by atoms with Crippen molar-refractivity contribution in [1.82, 2.24) is 0 Å². The molecule has 0 bridgehead atoms. The van der Waals surface area contributed by atoms with Gasteiger partial charge in [-0.15, -0.1) is 0 Å². The summed E-state index contributed by atoms with van der Waals surface area (Å²) in [4.78, 5) is 24.3. The Morgan fingerprint density at radius 3 is 2.50 bits per heavy atom. The molecule has 0 aliphatic heterocycles. The first-order valence-electron chi connectivity index (χ1n) is 7.31. The quantitative estimate of drug-likeness (QED) is 0.812. The van der Waals surface area contributed by atoms with E-state index in [-0.39, 0.29) is 6.61 Å². The van der Waals surface area contributed by atoms with E-state index in [0.29, 0.717) is 16.3 Å². The van der Waals surface area contributed by atoms with Crippen molar-refractivity contribution in [2.75, 3.05) is 19.0 Å². The molecule has 1 atom stereocenters. The van der Waals surface area contributed by atoms with Crippen molar-refractivity contribution in [1.29, 1.82) is 0 Å². The highest BCUT2D eigenvalue weighted by molar-refractivity contribution is 6.31. The Morgan fingerprint density at radius 1 is 1.17 bits per heavy atom. The Hall–Kier alpha value is -2.37. The lowest BCUT2D eigenvalue weighted by molar-refractivity contribution is -0.158. The number of carbonyl (C=O) groups is 2. The summed E-state index contributed by atoms with van der Waals surface area (Å²) in [7, 11) is 1.38. The molecule has 6 heteroatoms. The number of esters is 1. The SMILES string of the molecule is COCC(=O)O[C@@H](C(=O)Nc1ccc(C)c(Cl)c1)c1ccccc1. The first-order chi connectivity index (χ1) is 11.5. The minimum absolute atomic E-state index is 0.229. The van der Waals surface area contributed by atoms with Crippen molar-refractivity contribution in [2.24, 2.45) is 0 Å². The summed E-state index contributed by atoms with van der Waals surface area (Å²) in [5.41, 5.74) is 2.00. The molecule has 5 nitrogen and oxygen atoms in total. The van der Waals surface area contributed by atoms with E-state index in [4.69, 9.17) is 21.1 Å². The van der Waals surface area contributed by atoms with Crippen molar-refractivity contribution < 1.29 is 19.1 Å². The van der Waals surface area contributed by atoms with Crippen LogP contribution in [0.25, 0.3) is 0 Å². The first kappa shape index (κ1) is 18.0. The zero-order chi connectivity index (χ0) is 17.5. The Kier molecular flexibility index (Phi) is 6.35. The van der Waals surface area contributed by atoms with Gasteiger partial charge in [0.1, 0.15) is 6.61 Å². The maximum absolute atomic E-state index is 12.6. The van der Waals surface area contributed by atoms with Crippen LogP contribution in [0.15, 0.2) is 48.5 Å². The predicted molar refractivity (Wildman–Crippen MR) is 92.0 cm³/mol. The molecule has 24 heavy (non-hydrogen) atoms. The van der Waals surface area contributed by atoms with E-state index < -0.39 is 18.0 Å². The number of nitrogens with one attached hydrogen (secondary N) is 1. The maximum atomic E-state index is 12.6. The second-order valence-electron chi connectivity index (χ2n) is 5.17. The van der Waals surface area contributed by atoms with E-state index in [1.807, 2.05) is 13.0 Å². The third kappa shape index (κ3) is 4.81. The molecule has 0 aromatic heterocycles. The minimum Gasteiger partial charge on any atom is -0.446 e. The van der Waals surface area contributed by atoms with Crippen LogP contribution in [0.2, 0.25) is 5.02 Å². The molecule has 1 amide bonds. The van der Waals surface area contributed by atoms with Crippen molar-refractivity contribution in [2.45, 2.75) is 13.0 Å². The van der Waals surface area contributed by atoms with Gasteiger partial charge in [-0.2, -0.15) is 0 Å². The predicted octanol–water partition coefficient (Wildman–Crippen LogP) is 3.52.